The van der Waals surface area contributed by atoms with Gasteiger partial charge in [-0.15, -0.1) is 0 Å². The molecule has 0 rings (SSSR count). The Morgan fingerprint density at radius 2 is 1.53 bits per heavy atom. The van der Waals surface area contributed by atoms with E-state index in [-0.39, 0.29) is 11.9 Å². The predicted octanol–water partition coefficient (Wildman–Crippen LogP) is 2.62. The Labute approximate surface area is 103 Å². The molecule has 0 aromatic heterocycles. The third-order valence-electron chi connectivity index (χ3n) is 2.17. The molecule has 0 unspecified atom stereocenters. The van der Waals surface area contributed by atoms with Crippen LogP contribution in [0.3, 0.4) is 0 Å². The first-order valence-corrected chi connectivity index (χ1v) is 6.06. The van der Waals surface area contributed by atoms with Crippen molar-refractivity contribution in [2.75, 3.05) is 13.2 Å². The summed E-state index contributed by atoms with van der Waals surface area (Å²) in [5, 5.41) is 0. The number of rotatable bonds is 9. The fourth-order valence-electron chi connectivity index (χ4n) is 1.13. The van der Waals surface area contributed by atoms with Crippen molar-refractivity contribution in [2.24, 2.45) is 0 Å². The molecule has 0 heterocycles. The van der Waals surface area contributed by atoms with Crippen LogP contribution in [0.1, 0.15) is 46.0 Å². The second-order valence-corrected chi connectivity index (χ2v) is 3.90. The maximum Gasteiger partial charge on any atom is 0.333 e. The second kappa shape index (κ2) is 9.87. The van der Waals surface area contributed by atoms with Gasteiger partial charge in [-0.3, -0.25) is 4.79 Å². The van der Waals surface area contributed by atoms with E-state index in [4.69, 9.17) is 9.47 Å². The van der Waals surface area contributed by atoms with Gasteiger partial charge in [0.25, 0.3) is 0 Å². The van der Waals surface area contributed by atoms with E-state index < -0.39 is 0 Å². The van der Waals surface area contributed by atoms with Gasteiger partial charge in [-0.05, 0) is 32.6 Å². The molecule has 98 valence electrons. The highest BCUT2D eigenvalue weighted by atomic mass is 16.5. The van der Waals surface area contributed by atoms with E-state index in [2.05, 4.69) is 6.58 Å². The first kappa shape index (κ1) is 15.7. The van der Waals surface area contributed by atoms with Crippen molar-refractivity contribution in [3.8, 4) is 0 Å². The van der Waals surface area contributed by atoms with Crippen LogP contribution >= 0.6 is 0 Å². The zero-order valence-electron chi connectivity index (χ0n) is 10.8. The molecular formula is C13H22O4. The van der Waals surface area contributed by atoms with E-state index in [1.807, 2.05) is 0 Å². The van der Waals surface area contributed by atoms with E-state index in [0.717, 1.165) is 25.7 Å². The number of ether oxygens (including phenoxy) is 2. The molecule has 0 fully saturated rings. The van der Waals surface area contributed by atoms with E-state index in [1.165, 1.54) is 0 Å². The SMILES string of the molecule is C=C(C)C(=O)OCCCCCCOC(=O)CC. The van der Waals surface area contributed by atoms with Crippen LogP contribution in [-0.2, 0) is 19.1 Å². The van der Waals surface area contributed by atoms with Crippen molar-refractivity contribution < 1.29 is 19.1 Å². The van der Waals surface area contributed by atoms with Crippen molar-refractivity contribution >= 4 is 11.9 Å². The summed E-state index contributed by atoms with van der Waals surface area (Å²) >= 11 is 0. The third kappa shape index (κ3) is 9.60. The van der Waals surface area contributed by atoms with Gasteiger partial charge in [0, 0.05) is 12.0 Å². The minimum Gasteiger partial charge on any atom is -0.466 e. The first-order valence-electron chi connectivity index (χ1n) is 6.06. The summed E-state index contributed by atoms with van der Waals surface area (Å²) in [4.78, 5) is 21.8. The largest absolute Gasteiger partial charge is 0.466 e. The fourth-order valence-corrected chi connectivity index (χ4v) is 1.13. The molecule has 0 saturated carbocycles. The van der Waals surface area contributed by atoms with Crippen LogP contribution in [0.5, 0.6) is 0 Å². The lowest BCUT2D eigenvalue weighted by atomic mass is 10.2. The molecule has 0 amide bonds. The molecule has 0 aliphatic rings. The molecule has 0 aromatic carbocycles. The zero-order chi connectivity index (χ0) is 13.1. The van der Waals surface area contributed by atoms with Crippen LogP contribution in [0.15, 0.2) is 12.2 Å². The Morgan fingerprint density at radius 3 is 2.00 bits per heavy atom. The fraction of sp³-hybridized carbons (Fsp3) is 0.692. The Hall–Kier alpha value is -1.32. The molecule has 0 spiro atoms. The van der Waals surface area contributed by atoms with Gasteiger partial charge < -0.3 is 9.47 Å². The van der Waals surface area contributed by atoms with Crippen molar-refractivity contribution in [3.63, 3.8) is 0 Å². The number of esters is 2. The summed E-state index contributed by atoms with van der Waals surface area (Å²) < 4.78 is 9.87. The third-order valence-corrected chi connectivity index (χ3v) is 2.17. The normalized spacial score (nSPS) is 9.76. The van der Waals surface area contributed by atoms with E-state index in [1.54, 1.807) is 13.8 Å². The van der Waals surface area contributed by atoms with Gasteiger partial charge in [-0.2, -0.15) is 0 Å². The van der Waals surface area contributed by atoms with Crippen molar-refractivity contribution in [2.45, 2.75) is 46.0 Å². The minimum atomic E-state index is -0.332. The van der Waals surface area contributed by atoms with E-state index in [9.17, 15) is 9.59 Å². The number of unbranched alkanes of at least 4 members (excludes halogenated alkanes) is 3. The van der Waals surface area contributed by atoms with Crippen molar-refractivity contribution in [1.82, 2.24) is 0 Å². The highest BCUT2D eigenvalue weighted by Crippen LogP contribution is 2.02. The monoisotopic (exact) mass is 242 g/mol. The van der Waals surface area contributed by atoms with Gasteiger partial charge in [-0.25, -0.2) is 4.79 Å². The molecule has 0 N–H and O–H groups in total. The lowest BCUT2D eigenvalue weighted by molar-refractivity contribution is -0.143. The molecule has 0 saturated heterocycles. The first-order chi connectivity index (χ1) is 8.07. The van der Waals surface area contributed by atoms with Crippen molar-refractivity contribution in [1.29, 1.82) is 0 Å². The Kier molecular flexibility index (Phi) is 9.11. The van der Waals surface area contributed by atoms with E-state index >= 15 is 0 Å². The Bertz CT molecular complexity index is 258. The predicted molar refractivity (Wildman–Crippen MR) is 65.5 cm³/mol. The molecule has 0 aromatic rings. The number of carbonyl (C=O) groups excluding carboxylic acids is 2. The van der Waals surface area contributed by atoms with Gasteiger partial charge in [0.15, 0.2) is 0 Å². The highest BCUT2D eigenvalue weighted by Gasteiger charge is 2.02. The molecule has 0 aliphatic carbocycles. The standard InChI is InChI=1S/C13H22O4/c1-4-12(14)16-9-7-5-6-8-10-17-13(15)11(2)3/h2,4-10H2,1,3H3. The van der Waals surface area contributed by atoms with Crippen molar-refractivity contribution in [3.05, 3.63) is 12.2 Å². The minimum absolute atomic E-state index is 0.152. The van der Waals surface area contributed by atoms with Gasteiger partial charge in [-0.1, -0.05) is 13.5 Å². The Balaban J connectivity index is 3.22. The van der Waals surface area contributed by atoms with Crippen LogP contribution in [0.4, 0.5) is 0 Å². The average Bonchev–Trinajstić information content (AvgIpc) is 2.31. The number of hydrogen-bond donors (Lipinski definition) is 0. The molecule has 17 heavy (non-hydrogen) atoms. The van der Waals surface area contributed by atoms with Gasteiger partial charge in [0.1, 0.15) is 0 Å². The quantitative estimate of drug-likeness (QED) is 0.354. The molecule has 4 heteroatoms. The smallest absolute Gasteiger partial charge is 0.333 e. The van der Waals surface area contributed by atoms with Crippen LogP contribution in [0, 0.1) is 0 Å². The zero-order valence-corrected chi connectivity index (χ0v) is 10.8. The summed E-state index contributed by atoms with van der Waals surface area (Å²) in [7, 11) is 0. The topological polar surface area (TPSA) is 52.6 Å². The maximum absolute atomic E-state index is 11.0. The molecule has 0 atom stereocenters. The molecule has 0 radical (unpaired) electrons. The molecule has 0 bridgehead atoms. The van der Waals surface area contributed by atoms with Crippen LogP contribution < -0.4 is 0 Å². The average molecular weight is 242 g/mol. The lowest BCUT2D eigenvalue weighted by Gasteiger charge is -2.05. The Morgan fingerprint density at radius 1 is 1.00 bits per heavy atom. The van der Waals surface area contributed by atoms with E-state index in [0.29, 0.717) is 25.2 Å². The summed E-state index contributed by atoms with van der Waals surface area (Å²) in [6.07, 6.45) is 4.06. The second-order valence-electron chi connectivity index (χ2n) is 3.90. The maximum atomic E-state index is 11.0. The summed E-state index contributed by atoms with van der Waals surface area (Å²) in [6, 6.07) is 0. The van der Waals surface area contributed by atoms with Gasteiger partial charge in [0.2, 0.25) is 0 Å². The van der Waals surface area contributed by atoms with Gasteiger partial charge in [0.05, 0.1) is 13.2 Å². The number of hydrogen-bond acceptors (Lipinski definition) is 4. The lowest BCUT2D eigenvalue weighted by Crippen LogP contribution is -2.06. The summed E-state index contributed by atoms with van der Waals surface area (Å²) in [5.74, 6) is -0.484. The molecule has 4 nitrogen and oxygen atoms in total. The van der Waals surface area contributed by atoms with Crippen LogP contribution in [-0.4, -0.2) is 25.2 Å². The summed E-state index contributed by atoms with van der Waals surface area (Å²) in [5.41, 5.74) is 0.427. The highest BCUT2D eigenvalue weighted by molar-refractivity contribution is 5.86. The van der Waals surface area contributed by atoms with Gasteiger partial charge >= 0.3 is 11.9 Å². The van der Waals surface area contributed by atoms with Crippen LogP contribution in [0.2, 0.25) is 0 Å². The molecule has 0 aliphatic heterocycles. The summed E-state index contributed by atoms with van der Waals surface area (Å²) in [6.45, 7) is 7.82. The number of carbonyl (C=O) groups is 2. The van der Waals surface area contributed by atoms with Crippen LogP contribution in [0.25, 0.3) is 0 Å². The molecular weight excluding hydrogens is 220 g/mol.